The van der Waals surface area contributed by atoms with Crippen molar-refractivity contribution in [3.8, 4) is 17.2 Å². The summed E-state index contributed by atoms with van der Waals surface area (Å²) >= 11 is 3.69. The van der Waals surface area contributed by atoms with Gasteiger partial charge in [-0.25, -0.2) is 0 Å². The molecule has 0 fully saturated rings. The molecule has 3 aromatic carbocycles. The van der Waals surface area contributed by atoms with Crippen molar-refractivity contribution in [3.05, 3.63) is 103 Å². The maximum absolute atomic E-state index is 6.17. The molecule has 0 aliphatic rings. The van der Waals surface area contributed by atoms with Gasteiger partial charge in [-0.2, -0.15) is 0 Å². The topological polar surface area (TPSA) is 55.4 Å². The van der Waals surface area contributed by atoms with E-state index in [-0.39, 0.29) is 20.4 Å². The summed E-state index contributed by atoms with van der Waals surface area (Å²) in [7, 11) is 0. The molecule has 3 aromatic rings. The van der Waals surface area contributed by atoms with Crippen LogP contribution in [0, 0.1) is 0 Å². The maximum atomic E-state index is 6.17. The minimum atomic E-state index is -3.93. The number of allylic oxidation sites excluding steroid dienone is 2. The quantitative estimate of drug-likeness (QED) is 0.122. The van der Waals surface area contributed by atoms with Crippen molar-refractivity contribution in [2.45, 2.75) is 6.92 Å². The van der Waals surface area contributed by atoms with Gasteiger partial charge in [0.25, 0.3) is 0 Å². The number of para-hydroxylation sites is 3. The van der Waals surface area contributed by atoms with E-state index in [4.69, 9.17) is 27.8 Å². The predicted octanol–water partition coefficient (Wildman–Crippen LogP) is 7.33. The second kappa shape index (κ2) is 12.7. The van der Waals surface area contributed by atoms with Crippen LogP contribution in [0.15, 0.2) is 103 Å². The van der Waals surface area contributed by atoms with Gasteiger partial charge in [-0.05, 0) is 0 Å². The van der Waals surface area contributed by atoms with Crippen molar-refractivity contribution in [2.75, 3.05) is 26.5 Å². The second-order valence-corrected chi connectivity index (χ2v) is 13.9. The van der Waals surface area contributed by atoms with Gasteiger partial charge >= 0.3 is 203 Å². The summed E-state index contributed by atoms with van der Waals surface area (Å²) in [6.07, 6.45) is 4.11. The number of benzene rings is 3. The molecule has 33 heavy (non-hydrogen) atoms. The summed E-state index contributed by atoms with van der Waals surface area (Å²) < 4.78 is 35.8. The number of rotatable bonds is 14. The molecule has 0 spiro atoms. The Hall–Kier alpha value is -2.41. The van der Waals surface area contributed by atoms with E-state index in [1.807, 2.05) is 110 Å². The Morgan fingerprint density at radius 2 is 0.939 bits per heavy atom. The molecule has 0 saturated carbocycles. The number of hydrogen-bond acceptors (Lipinski definition) is 6. The molecule has 0 aromatic heterocycles. The molecule has 0 saturated heterocycles. The zero-order valence-corrected chi connectivity index (χ0v) is 20.9. The number of ether oxygens (including phenoxy) is 3. The van der Waals surface area contributed by atoms with Gasteiger partial charge in [-0.3, -0.25) is 0 Å². The molecule has 0 radical (unpaired) electrons. The number of halogens is 1. The third-order valence-corrected chi connectivity index (χ3v) is 9.73. The molecule has 6 nitrogen and oxygen atoms in total. The van der Waals surface area contributed by atoms with E-state index in [1.54, 1.807) is 0 Å². The number of hydrogen-bond donors (Lipinski definition) is 0. The Balaban J connectivity index is 1.72. The van der Waals surface area contributed by atoms with Crippen LogP contribution in [0.1, 0.15) is 6.92 Å². The Morgan fingerprint density at radius 1 is 0.606 bits per heavy atom. The fraction of sp³-hybridized carbons (Fsp3) is 0.200. The molecule has 176 valence electrons. The Bertz CT molecular complexity index is 858. The summed E-state index contributed by atoms with van der Waals surface area (Å²) in [6.45, 7) is 1.62. The van der Waals surface area contributed by atoms with E-state index < -0.39 is 5.99 Å². The zero-order chi connectivity index (χ0) is 23.3. The van der Waals surface area contributed by atoms with Crippen molar-refractivity contribution >= 4 is 21.5 Å². The Morgan fingerprint density at radius 3 is 1.24 bits per heavy atom. The second-order valence-electron chi connectivity index (χ2n) is 6.80. The van der Waals surface area contributed by atoms with E-state index in [0.29, 0.717) is 23.4 Å². The van der Waals surface area contributed by atoms with Crippen molar-refractivity contribution in [2.24, 2.45) is 0 Å². The Labute approximate surface area is 203 Å². The molecular weight excluding hydrogens is 507 g/mol. The van der Waals surface area contributed by atoms with Gasteiger partial charge in [-0.15, -0.1) is 0 Å². The first-order valence-electron chi connectivity index (χ1n) is 10.4. The molecule has 0 heterocycles. The van der Waals surface area contributed by atoms with Crippen LogP contribution in [-0.4, -0.2) is 26.5 Å². The van der Waals surface area contributed by atoms with Crippen LogP contribution >= 0.6 is 21.5 Å². The van der Waals surface area contributed by atoms with Crippen molar-refractivity contribution in [1.82, 2.24) is 0 Å². The summed E-state index contributed by atoms with van der Waals surface area (Å²) in [5.74, 6) is -1.92. The van der Waals surface area contributed by atoms with E-state index >= 15 is 0 Å². The normalized spacial score (nSPS) is 12.7. The van der Waals surface area contributed by atoms with Crippen molar-refractivity contribution in [3.63, 3.8) is 0 Å². The summed E-state index contributed by atoms with van der Waals surface area (Å²) in [5.41, 5.74) is 0. The molecule has 3 rings (SSSR count). The summed E-state index contributed by atoms with van der Waals surface area (Å²) in [5, 5.41) is 0. The van der Waals surface area contributed by atoms with Gasteiger partial charge in [-0.1, -0.05) is 0 Å². The molecular formula is C25H28BrO6P. The summed E-state index contributed by atoms with van der Waals surface area (Å²) in [6, 6.07) is 28.1. The average Bonchev–Trinajstić information content (AvgIpc) is 2.85. The van der Waals surface area contributed by atoms with Crippen LogP contribution in [-0.2, 0) is 13.6 Å². The van der Waals surface area contributed by atoms with Gasteiger partial charge in [0, 0.05) is 0 Å². The molecule has 0 aliphatic carbocycles. The van der Waals surface area contributed by atoms with Gasteiger partial charge < -0.3 is 0 Å². The van der Waals surface area contributed by atoms with Crippen LogP contribution in [0.5, 0.6) is 17.2 Å². The molecule has 0 aliphatic heterocycles. The third kappa shape index (κ3) is 8.46. The van der Waals surface area contributed by atoms with Gasteiger partial charge in [0.2, 0.25) is 0 Å². The average molecular weight is 535 g/mol. The molecule has 0 bridgehead atoms. The molecule has 8 heteroatoms. The van der Waals surface area contributed by atoms with Crippen LogP contribution in [0.3, 0.4) is 0 Å². The van der Waals surface area contributed by atoms with E-state index in [2.05, 4.69) is 15.5 Å². The van der Waals surface area contributed by atoms with E-state index in [9.17, 15) is 0 Å². The van der Waals surface area contributed by atoms with Crippen LogP contribution in [0.4, 0.5) is 0 Å². The first kappa shape index (κ1) is 25.2. The first-order chi connectivity index (χ1) is 16.1. The van der Waals surface area contributed by atoms with Gasteiger partial charge in [0.15, 0.2) is 0 Å². The van der Waals surface area contributed by atoms with Crippen LogP contribution < -0.4 is 14.2 Å². The van der Waals surface area contributed by atoms with Crippen molar-refractivity contribution in [1.29, 1.82) is 0 Å². The third-order valence-electron chi connectivity index (χ3n) is 4.43. The molecule has 0 atom stereocenters. The van der Waals surface area contributed by atoms with Crippen LogP contribution in [0.2, 0.25) is 0 Å². The zero-order valence-electron chi connectivity index (χ0n) is 18.4. The SMILES string of the molecule is C/C=C/CP(Br)(OCOc1ccccc1)(OCOc1ccccc1)OCOc1ccccc1. The minimum absolute atomic E-state index is 0.0959. The van der Waals surface area contributed by atoms with E-state index in [0.717, 1.165) is 0 Å². The standard InChI is InChI=1S/C25H28BrO6P/c1-2-3-19-33(26,30-20-27-23-13-7-4-8-14-23,31-21-28-24-15-9-5-10-16-24)32-22-29-25-17-11-6-12-18-25/h2-18H,19-22H2,1H3/b3-2+. The van der Waals surface area contributed by atoms with Gasteiger partial charge in [0.05, 0.1) is 0 Å². The monoisotopic (exact) mass is 534 g/mol. The first-order valence-corrected chi connectivity index (χ1v) is 14.6. The van der Waals surface area contributed by atoms with Crippen LogP contribution in [0.25, 0.3) is 0 Å². The molecule has 0 unspecified atom stereocenters. The van der Waals surface area contributed by atoms with E-state index in [1.165, 1.54) is 0 Å². The molecule has 0 amide bonds. The Kier molecular flexibility index (Phi) is 9.73. The fourth-order valence-electron chi connectivity index (χ4n) is 2.68. The van der Waals surface area contributed by atoms with Gasteiger partial charge in [0.1, 0.15) is 0 Å². The molecule has 0 N–H and O–H groups in total. The fourth-order valence-corrected chi connectivity index (χ4v) is 5.78. The van der Waals surface area contributed by atoms with Crippen molar-refractivity contribution < 1.29 is 27.8 Å². The predicted molar refractivity (Wildman–Crippen MR) is 135 cm³/mol. The summed E-state index contributed by atoms with van der Waals surface area (Å²) in [4.78, 5) is 0.